The van der Waals surface area contributed by atoms with Crippen LogP contribution in [0.2, 0.25) is 0 Å². The van der Waals surface area contributed by atoms with Crippen LogP contribution in [-0.2, 0) is 4.79 Å². The third kappa shape index (κ3) is 3.33. The van der Waals surface area contributed by atoms with Crippen molar-refractivity contribution in [1.29, 1.82) is 0 Å². The number of amides is 1. The van der Waals surface area contributed by atoms with Crippen molar-refractivity contribution in [1.82, 2.24) is 9.97 Å². The van der Waals surface area contributed by atoms with Crippen molar-refractivity contribution in [2.45, 2.75) is 19.3 Å². The van der Waals surface area contributed by atoms with Gasteiger partial charge in [0.05, 0.1) is 12.2 Å². The van der Waals surface area contributed by atoms with Crippen molar-refractivity contribution < 1.29 is 9.53 Å². The standard InChI is InChI=1S/C21H19N3O3/c1-2-27-15-10-8-13(9-11-15)16-12-17(25)22-20-18(16)21(26)24-19(23-20)14-6-4-3-5-7-14/h3-11,16H,2,12H2,1H3,(H2,22,23,24,25,26)/t16-/m1/s1. The maximum absolute atomic E-state index is 12.8. The van der Waals surface area contributed by atoms with Crippen LogP contribution < -0.4 is 15.6 Å². The van der Waals surface area contributed by atoms with Crippen molar-refractivity contribution in [3.63, 3.8) is 0 Å². The maximum Gasteiger partial charge on any atom is 0.257 e. The van der Waals surface area contributed by atoms with E-state index in [0.717, 1.165) is 16.9 Å². The zero-order valence-electron chi connectivity index (χ0n) is 14.9. The first-order valence-corrected chi connectivity index (χ1v) is 8.88. The number of carbonyl (C=O) groups excluding carboxylic acids is 1. The molecule has 0 radical (unpaired) electrons. The number of carbonyl (C=O) groups is 1. The van der Waals surface area contributed by atoms with Crippen molar-refractivity contribution in [3.05, 3.63) is 76.1 Å². The number of hydrogen-bond donors (Lipinski definition) is 2. The SMILES string of the molecule is CCOc1ccc([C@H]2CC(=O)Nc3nc(-c4ccccc4)[nH]c(=O)c32)cc1. The second-order valence-corrected chi connectivity index (χ2v) is 6.35. The lowest BCUT2D eigenvalue weighted by Crippen LogP contribution is -2.31. The lowest BCUT2D eigenvalue weighted by Gasteiger charge is -2.24. The van der Waals surface area contributed by atoms with Crippen LogP contribution in [0.25, 0.3) is 11.4 Å². The first-order chi connectivity index (χ1) is 13.2. The first-order valence-electron chi connectivity index (χ1n) is 8.88. The van der Waals surface area contributed by atoms with Crippen LogP contribution >= 0.6 is 0 Å². The number of nitrogens with zero attached hydrogens (tertiary/aromatic N) is 1. The zero-order valence-corrected chi connectivity index (χ0v) is 14.9. The Kier molecular flexibility index (Phi) is 4.46. The molecule has 0 spiro atoms. The van der Waals surface area contributed by atoms with Gasteiger partial charge in [-0.3, -0.25) is 9.59 Å². The molecule has 27 heavy (non-hydrogen) atoms. The molecule has 1 amide bonds. The van der Waals surface area contributed by atoms with Gasteiger partial charge in [-0.1, -0.05) is 42.5 Å². The second-order valence-electron chi connectivity index (χ2n) is 6.35. The summed E-state index contributed by atoms with van der Waals surface area (Å²) in [5, 5.41) is 2.75. The molecule has 0 saturated heterocycles. The summed E-state index contributed by atoms with van der Waals surface area (Å²) in [6.07, 6.45) is 0.205. The van der Waals surface area contributed by atoms with Gasteiger partial charge in [0.25, 0.3) is 5.56 Å². The molecule has 1 aliphatic heterocycles. The molecule has 1 atom stereocenters. The monoisotopic (exact) mass is 361 g/mol. The molecule has 0 unspecified atom stereocenters. The predicted molar refractivity (Wildman–Crippen MR) is 103 cm³/mol. The summed E-state index contributed by atoms with van der Waals surface area (Å²) in [5.74, 6) is 1.02. The Bertz CT molecular complexity index is 1030. The van der Waals surface area contributed by atoms with Gasteiger partial charge in [-0.25, -0.2) is 4.98 Å². The Hall–Kier alpha value is -3.41. The molecule has 6 nitrogen and oxygen atoms in total. The van der Waals surface area contributed by atoms with Gasteiger partial charge in [-0.2, -0.15) is 0 Å². The van der Waals surface area contributed by atoms with Crippen LogP contribution in [0.15, 0.2) is 59.4 Å². The smallest absolute Gasteiger partial charge is 0.257 e. The Morgan fingerprint density at radius 2 is 1.81 bits per heavy atom. The minimum Gasteiger partial charge on any atom is -0.494 e. The highest BCUT2D eigenvalue weighted by Crippen LogP contribution is 2.35. The Balaban J connectivity index is 1.78. The van der Waals surface area contributed by atoms with E-state index >= 15 is 0 Å². The maximum atomic E-state index is 12.8. The molecule has 6 heteroatoms. The summed E-state index contributed by atoms with van der Waals surface area (Å²) < 4.78 is 5.47. The molecule has 3 aromatic rings. The molecular formula is C21H19N3O3. The fourth-order valence-electron chi connectivity index (χ4n) is 3.35. The largest absolute Gasteiger partial charge is 0.494 e. The highest BCUT2D eigenvalue weighted by atomic mass is 16.5. The van der Waals surface area contributed by atoms with Crippen LogP contribution in [0, 0.1) is 0 Å². The number of rotatable bonds is 4. The van der Waals surface area contributed by atoms with Crippen LogP contribution in [0.1, 0.15) is 30.4 Å². The van der Waals surface area contributed by atoms with Gasteiger partial charge in [0, 0.05) is 17.9 Å². The van der Waals surface area contributed by atoms with E-state index in [-0.39, 0.29) is 23.8 Å². The molecule has 2 heterocycles. The first kappa shape index (κ1) is 17.0. The van der Waals surface area contributed by atoms with E-state index in [1.807, 2.05) is 61.5 Å². The van der Waals surface area contributed by atoms with E-state index < -0.39 is 0 Å². The number of nitrogens with one attached hydrogen (secondary N) is 2. The topological polar surface area (TPSA) is 84.1 Å². The summed E-state index contributed by atoms with van der Waals surface area (Å²) in [6.45, 7) is 2.50. The van der Waals surface area contributed by atoms with Gasteiger partial charge in [-0.05, 0) is 24.6 Å². The summed E-state index contributed by atoms with van der Waals surface area (Å²) >= 11 is 0. The molecule has 0 aliphatic carbocycles. The number of hydrogen-bond acceptors (Lipinski definition) is 4. The van der Waals surface area contributed by atoms with Crippen LogP contribution in [0.4, 0.5) is 5.82 Å². The number of benzene rings is 2. The summed E-state index contributed by atoms with van der Waals surface area (Å²) in [5.41, 5.74) is 1.92. The second kappa shape index (κ2) is 7.07. The third-order valence-corrected chi connectivity index (χ3v) is 4.59. The fraction of sp³-hybridized carbons (Fsp3) is 0.190. The molecule has 4 rings (SSSR count). The lowest BCUT2D eigenvalue weighted by molar-refractivity contribution is -0.116. The Morgan fingerprint density at radius 1 is 1.07 bits per heavy atom. The molecule has 2 aromatic carbocycles. The normalized spacial score (nSPS) is 15.7. The van der Waals surface area contributed by atoms with E-state index in [1.54, 1.807) is 0 Å². The van der Waals surface area contributed by atoms with Gasteiger partial charge in [0.15, 0.2) is 0 Å². The van der Waals surface area contributed by atoms with Crippen LogP contribution in [0.5, 0.6) is 5.75 Å². The van der Waals surface area contributed by atoms with E-state index in [1.165, 1.54) is 0 Å². The molecule has 0 bridgehead atoms. The lowest BCUT2D eigenvalue weighted by atomic mass is 9.87. The average Bonchev–Trinajstić information content (AvgIpc) is 2.68. The van der Waals surface area contributed by atoms with Crippen molar-refractivity contribution in [3.8, 4) is 17.1 Å². The summed E-state index contributed by atoms with van der Waals surface area (Å²) in [4.78, 5) is 32.5. The minimum atomic E-state index is -0.342. The summed E-state index contributed by atoms with van der Waals surface area (Å²) in [6, 6.07) is 16.8. The van der Waals surface area contributed by atoms with Crippen LogP contribution in [-0.4, -0.2) is 22.5 Å². The fourth-order valence-corrected chi connectivity index (χ4v) is 3.35. The van der Waals surface area contributed by atoms with Gasteiger partial charge in [0.1, 0.15) is 17.4 Å². The predicted octanol–water partition coefficient (Wildman–Crippen LogP) is 3.31. The van der Waals surface area contributed by atoms with Gasteiger partial charge < -0.3 is 15.0 Å². The number of H-pyrrole nitrogens is 1. The average molecular weight is 361 g/mol. The van der Waals surface area contributed by atoms with E-state index in [0.29, 0.717) is 23.8 Å². The number of aromatic amines is 1. The summed E-state index contributed by atoms with van der Waals surface area (Å²) in [7, 11) is 0. The molecule has 0 saturated carbocycles. The molecule has 0 fully saturated rings. The van der Waals surface area contributed by atoms with E-state index in [4.69, 9.17) is 4.74 Å². The minimum absolute atomic E-state index is 0.154. The van der Waals surface area contributed by atoms with E-state index in [9.17, 15) is 9.59 Å². The molecule has 1 aliphatic rings. The quantitative estimate of drug-likeness (QED) is 0.747. The highest BCUT2D eigenvalue weighted by molar-refractivity contribution is 5.94. The zero-order chi connectivity index (χ0) is 18.8. The van der Waals surface area contributed by atoms with Gasteiger partial charge in [-0.15, -0.1) is 0 Å². The van der Waals surface area contributed by atoms with Crippen LogP contribution in [0.3, 0.4) is 0 Å². The van der Waals surface area contributed by atoms with Gasteiger partial charge in [0.2, 0.25) is 5.91 Å². The van der Waals surface area contributed by atoms with Crippen molar-refractivity contribution in [2.24, 2.45) is 0 Å². The number of aromatic nitrogens is 2. The third-order valence-electron chi connectivity index (χ3n) is 4.59. The molecule has 2 N–H and O–H groups in total. The molecular weight excluding hydrogens is 342 g/mol. The highest BCUT2D eigenvalue weighted by Gasteiger charge is 2.31. The van der Waals surface area contributed by atoms with Crippen molar-refractivity contribution in [2.75, 3.05) is 11.9 Å². The number of ether oxygens (including phenoxy) is 1. The molecule has 1 aromatic heterocycles. The van der Waals surface area contributed by atoms with E-state index in [2.05, 4.69) is 15.3 Å². The number of fused-ring (bicyclic) bond motifs is 1. The molecule has 136 valence electrons. The van der Waals surface area contributed by atoms with Crippen molar-refractivity contribution >= 4 is 11.7 Å². The number of anilines is 1. The Morgan fingerprint density at radius 3 is 2.52 bits per heavy atom. The van der Waals surface area contributed by atoms with Gasteiger partial charge >= 0.3 is 0 Å². The Labute approximate surface area is 156 Å².